The van der Waals surface area contributed by atoms with Gasteiger partial charge in [0.25, 0.3) is 11.8 Å². The van der Waals surface area contributed by atoms with E-state index in [0.29, 0.717) is 22.0 Å². The Morgan fingerprint density at radius 3 is 2.34 bits per heavy atom. The van der Waals surface area contributed by atoms with Crippen molar-refractivity contribution in [1.29, 1.82) is 0 Å². The maximum Gasteiger partial charge on any atom is 0.307 e. The Bertz CT molecular complexity index is 1030. The summed E-state index contributed by atoms with van der Waals surface area (Å²) < 4.78 is 5.23. The van der Waals surface area contributed by atoms with E-state index >= 15 is 0 Å². The van der Waals surface area contributed by atoms with Gasteiger partial charge in [-0.15, -0.1) is 11.3 Å². The van der Waals surface area contributed by atoms with E-state index in [1.807, 2.05) is 35.7 Å². The van der Waals surface area contributed by atoms with Gasteiger partial charge >= 0.3 is 5.97 Å². The summed E-state index contributed by atoms with van der Waals surface area (Å²) in [5, 5.41) is 5.69. The van der Waals surface area contributed by atoms with Gasteiger partial charge in [-0.1, -0.05) is 30.3 Å². The van der Waals surface area contributed by atoms with Crippen LogP contribution in [0.4, 0.5) is 10.8 Å². The molecule has 0 saturated heterocycles. The number of anilines is 2. The third-order valence-corrected chi connectivity index (χ3v) is 5.18. The summed E-state index contributed by atoms with van der Waals surface area (Å²) in [7, 11) is 0. The van der Waals surface area contributed by atoms with E-state index < -0.39 is 5.97 Å². The molecule has 1 aromatic heterocycles. The number of carbonyl (C=O) groups is 3. The smallest absolute Gasteiger partial charge is 0.307 e. The Hall–Kier alpha value is -3.52. The standard InChI is InChI=1S/C21H17N3O4S/c25-18(10-11-24-19(26)16-8-4-5-9-17(16)20(24)27)28-12-15-13-29-21(23-15)22-14-6-2-1-3-7-14/h1-9,13H,10-12H2,(H,22,23). The zero-order chi connectivity index (χ0) is 20.2. The summed E-state index contributed by atoms with van der Waals surface area (Å²) in [4.78, 5) is 42.1. The second kappa shape index (κ2) is 8.24. The number of benzene rings is 2. The molecule has 3 aromatic rings. The number of rotatable bonds is 7. The second-order valence-electron chi connectivity index (χ2n) is 6.35. The lowest BCUT2D eigenvalue weighted by Gasteiger charge is -2.12. The summed E-state index contributed by atoms with van der Waals surface area (Å²) in [5.74, 6) is -1.25. The first kappa shape index (κ1) is 18.8. The number of ether oxygens (including phenoxy) is 1. The number of hydrogen-bond acceptors (Lipinski definition) is 7. The summed E-state index contributed by atoms with van der Waals surface area (Å²) in [6.45, 7) is 0.0248. The molecule has 146 valence electrons. The Morgan fingerprint density at radius 1 is 1.00 bits per heavy atom. The molecule has 29 heavy (non-hydrogen) atoms. The third kappa shape index (κ3) is 4.17. The van der Waals surface area contributed by atoms with Crippen LogP contribution in [0.5, 0.6) is 0 Å². The van der Waals surface area contributed by atoms with E-state index in [1.54, 1.807) is 24.3 Å². The number of esters is 1. The number of carbonyl (C=O) groups excluding carboxylic acids is 3. The van der Waals surface area contributed by atoms with Gasteiger partial charge in [0.2, 0.25) is 0 Å². The maximum atomic E-state index is 12.3. The molecule has 0 spiro atoms. The molecule has 0 radical (unpaired) electrons. The van der Waals surface area contributed by atoms with Crippen LogP contribution in [0, 0.1) is 0 Å². The molecule has 1 aliphatic heterocycles. The average Bonchev–Trinajstić information content (AvgIpc) is 3.29. The number of amides is 2. The molecule has 8 heteroatoms. The van der Waals surface area contributed by atoms with Gasteiger partial charge < -0.3 is 10.1 Å². The summed E-state index contributed by atoms with van der Waals surface area (Å²) in [5.41, 5.74) is 2.28. The van der Waals surface area contributed by atoms with Crippen LogP contribution in [-0.2, 0) is 16.1 Å². The van der Waals surface area contributed by atoms with Crippen molar-refractivity contribution in [2.24, 2.45) is 0 Å². The van der Waals surface area contributed by atoms with Crippen molar-refractivity contribution < 1.29 is 19.1 Å². The van der Waals surface area contributed by atoms with Crippen LogP contribution in [0.2, 0.25) is 0 Å². The molecule has 4 rings (SSSR count). The summed E-state index contributed by atoms with van der Waals surface area (Å²) in [6.07, 6.45) is -0.0648. The van der Waals surface area contributed by atoms with Gasteiger partial charge in [-0.25, -0.2) is 4.98 Å². The fraction of sp³-hybridized carbons (Fsp3) is 0.143. The summed E-state index contributed by atoms with van der Waals surface area (Å²) in [6, 6.07) is 16.3. The molecule has 0 atom stereocenters. The highest BCUT2D eigenvalue weighted by Crippen LogP contribution is 2.23. The molecule has 1 aliphatic rings. The fourth-order valence-corrected chi connectivity index (χ4v) is 3.66. The van der Waals surface area contributed by atoms with Crippen LogP contribution in [0.3, 0.4) is 0 Å². The van der Waals surface area contributed by atoms with Crippen molar-refractivity contribution in [2.45, 2.75) is 13.0 Å². The van der Waals surface area contributed by atoms with Crippen LogP contribution in [0.1, 0.15) is 32.8 Å². The van der Waals surface area contributed by atoms with Gasteiger partial charge in [-0.2, -0.15) is 0 Å². The Labute approximate surface area is 170 Å². The zero-order valence-electron chi connectivity index (χ0n) is 15.3. The number of nitrogens with one attached hydrogen (secondary N) is 1. The lowest BCUT2D eigenvalue weighted by atomic mass is 10.1. The first-order chi connectivity index (χ1) is 14.1. The van der Waals surface area contributed by atoms with Crippen molar-refractivity contribution in [3.63, 3.8) is 0 Å². The fourth-order valence-electron chi connectivity index (χ4n) is 2.95. The Balaban J connectivity index is 1.26. The maximum absolute atomic E-state index is 12.3. The molecule has 0 aliphatic carbocycles. The number of aromatic nitrogens is 1. The van der Waals surface area contributed by atoms with Crippen molar-refractivity contribution in [3.05, 3.63) is 76.8 Å². The van der Waals surface area contributed by atoms with Crippen LogP contribution in [-0.4, -0.2) is 34.2 Å². The normalized spacial score (nSPS) is 12.8. The van der Waals surface area contributed by atoms with Crippen molar-refractivity contribution in [2.75, 3.05) is 11.9 Å². The molecule has 2 heterocycles. The lowest BCUT2D eigenvalue weighted by molar-refractivity contribution is -0.145. The van der Waals surface area contributed by atoms with Gasteiger partial charge in [0.15, 0.2) is 5.13 Å². The Kier molecular flexibility index (Phi) is 5.35. The molecule has 0 saturated carbocycles. The van der Waals surface area contributed by atoms with E-state index in [0.717, 1.165) is 10.6 Å². The predicted octanol–water partition coefficient (Wildman–Crippen LogP) is 3.62. The molecular weight excluding hydrogens is 390 g/mol. The lowest BCUT2D eigenvalue weighted by Crippen LogP contribution is -2.32. The van der Waals surface area contributed by atoms with Crippen molar-refractivity contribution >= 4 is 39.9 Å². The van der Waals surface area contributed by atoms with E-state index in [1.165, 1.54) is 11.3 Å². The number of hydrogen-bond donors (Lipinski definition) is 1. The number of thiazole rings is 1. The van der Waals surface area contributed by atoms with E-state index in [-0.39, 0.29) is 31.4 Å². The molecule has 0 unspecified atom stereocenters. The molecule has 2 aromatic carbocycles. The predicted molar refractivity (Wildman–Crippen MR) is 108 cm³/mol. The molecule has 7 nitrogen and oxygen atoms in total. The molecule has 1 N–H and O–H groups in total. The summed E-state index contributed by atoms with van der Waals surface area (Å²) >= 11 is 1.41. The SMILES string of the molecule is O=C(CCN1C(=O)c2ccccc2C1=O)OCc1csc(Nc2ccccc2)n1. The van der Waals surface area contributed by atoms with E-state index in [2.05, 4.69) is 10.3 Å². The molecular formula is C21H17N3O4S. The van der Waals surface area contributed by atoms with Crippen LogP contribution in [0.15, 0.2) is 60.0 Å². The topological polar surface area (TPSA) is 88.6 Å². The monoisotopic (exact) mass is 407 g/mol. The van der Waals surface area contributed by atoms with Gasteiger partial charge in [0.05, 0.1) is 23.2 Å². The van der Waals surface area contributed by atoms with Gasteiger partial charge in [0.1, 0.15) is 6.61 Å². The number of nitrogens with zero attached hydrogens (tertiary/aromatic N) is 2. The average molecular weight is 407 g/mol. The third-order valence-electron chi connectivity index (χ3n) is 4.38. The Morgan fingerprint density at radius 2 is 1.66 bits per heavy atom. The van der Waals surface area contributed by atoms with E-state index in [4.69, 9.17) is 4.74 Å². The number of para-hydroxylation sites is 1. The van der Waals surface area contributed by atoms with Crippen LogP contribution >= 0.6 is 11.3 Å². The minimum absolute atomic E-state index is 0.0109. The number of imide groups is 1. The van der Waals surface area contributed by atoms with Gasteiger partial charge in [-0.05, 0) is 24.3 Å². The van der Waals surface area contributed by atoms with E-state index in [9.17, 15) is 14.4 Å². The second-order valence-corrected chi connectivity index (χ2v) is 7.21. The minimum atomic E-state index is -0.493. The highest BCUT2D eigenvalue weighted by atomic mass is 32.1. The molecule has 0 bridgehead atoms. The molecule has 0 fully saturated rings. The quantitative estimate of drug-likeness (QED) is 0.475. The first-order valence-corrected chi connectivity index (χ1v) is 9.87. The molecule has 2 amide bonds. The first-order valence-electron chi connectivity index (χ1n) is 8.99. The van der Waals surface area contributed by atoms with Crippen molar-refractivity contribution in [1.82, 2.24) is 9.88 Å². The minimum Gasteiger partial charge on any atom is -0.459 e. The van der Waals surface area contributed by atoms with Crippen LogP contribution < -0.4 is 5.32 Å². The van der Waals surface area contributed by atoms with Crippen LogP contribution in [0.25, 0.3) is 0 Å². The van der Waals surface area contributed by atoms with Gasteiger partial charge in [0, 0.05) is 17.6 Å². The number of fused-ring (bicyclic) bond motifs is 1. The highest BCUT2D eigenvalue weighted by Gasteiger charge is 2.35. The highest BCUT2D eigenvalue weighted by molar-refractivity contribution is 7.13. The van der Waals surface area contributed by atoms with Gasteiger partial charge in [-0.3, -0.25) is 19.3 Å². The largest absolute Gasteiger partial charge is 0.459 e. The zero-order valence-corrected chi connectivity index (χ0v) is 16.1. The van der Waals surface area contributed by atoms with Crippen molar-refractivity contribution in [3.8, 4) is 0 Å².